The lowest BCUT2D eigenvalue weighted by Gasteiger charge is -2.42. The Hall–Kier alpha value is -2.45. The van der Waals surface area contributed by atoms with Gasteiger partial charge in [0.05, 0.1) is 6.42 Å². The van der Waals surface area contributed by atoms with Gasteiger partial charge in [-0.1, -0.05) is 6.07 Å². The molecule has 1 atom stereocenters. The summed E-state index contributed by atoms with van der Waals surface area (Å²) in [7, 11) is 0. The van der Waals surface area contributed by atoms with Gasteiger partial charge in [0.15, 0.2) is 0 Å². The Kier molecular flexibility index (Phi) is 8.43. The lowest BCUT2D eigenvalue weighted by molar-refractivity contribution is -0.149. The molecule has 1 fully saturated rings. The SMILES string of the molecule is CCN(CC)C(=O)C1CN(CCOc2ccc(F)cc2)CCN1C(=O)Cc1cccs1. The number of nitrogens with zero attached hydrogens (tertiary/aromatic N) is 3. The quantitative estimate of drug-likeness (QED) is 0.593. The summed E-state index contributed by atoms with van der Waals surface area (Å²) in [6.07, 6.45) is 0.327. The second kappa shape index (κ2) is 11.2. The maximum absolute atomic E-state index is 13.2. The molecule has 0 radical (unpaired) electrons. The number of carbonyl (C=O) groups excluding carboxylic acids is 2. The predicted octanol–water partition coefficient (Wildman–Crippen LogP) is 2.89. The first-order chi connectivity index (χ1) is 15.0. The maximum atomic E-state index is 13.2. The van der Waals surface area contributed by atoms with Crippen LogP contribution in [0.1, 0.15) is 18.7 Å². The molecule has 3 rings (SSSR count). The van der Waals surface area contributed by atoms with Crippen molar-refractivity contribution in [1.82, 2.24) is 14.7 Å². The third-order valence-corrected chi connectivity index (χ3v) is 6.42. The molecule has 1 aromatic heterocycles. The van der Waals surface area contributed by atoms with Gasteiger partial charge in [-0.3, -0.25) is 14.5 Å². The highest BCUT2D eigenvalue weighted by atomic mass is 32.1. The minimum absolute atomic E-state index is 0.00447. The van der Waals surface area contributed by atoms with E-state index in [4.69, 9.17) is 4.74 Å². The van der Waals surface area contributed by atoms with Crippen molar-refractivity contribution in [2.24, 2.45) is 0 Å². The fourth-order valence-corrected chi connectivity index (χ4v) is 4.48. The van der Waals surface area contributed by atoms with Gasteiger partial charge in [-0.05, 0) is 49.6 Å². The number of rotatable bonds is 9. The van der Waals surface area contributed by atoms with Gasteiger partial charge in [-0.25, -0.2) is 4.39 Å². The number of benzene rings is 1. The average Bonchev–Trinajstić information content (AvgIpc) is 3.29. The highest BCUT2D eigenvalue weighted by Crippen LogP contribution is 2.18. The van der Waals surface area contributed by atoms with E-state index in [9.17, 15) is 14.0 Å². The van der Waals surface area contributed by atoms with Crippen LogP contribution >= 0.6 is 11.3 Å². The topological polar surface area (TPSA) is 53.1 Å². The van der Waals surface area contributed by atoms with E-state index in [2.05, 4.69) is 4.90 Å². The van der Waals surface area contributed by atoms with Crippen LogP contribution in [-0.4, -0.2) is 78.4 Å². The van der Waals surface area contributed by atoms with E-state index in [0.717, 1.165) is 4.88 Å². The summed E-state index contributed by atoms with van der Waals surface area (Å²) in [4.78, 5) is 32.9. The van der Waals surface area contributed by atoms with Crippen LogP contribution in [0, 0.1) is 5.82 Å². The normalized spacial score (nSPS) is 16.9. The Morgan fingerprint density at radius 2 is 1.90 bits per heavy atom. The number of likely N-dealkylation sites (N-methyl/N-ethyl adjacent to an activating group) is 1. The van der Waals surface area contributed by atoms with Crippen LogP contribution in [-0.2, 0) is 16.0 Å². The number of amides is 2. The summed E-state index contributed by atoms with van der Waals surface area (Å²) in [5.41, 5.74) is 0. The van der Waals surface area contributed by atoms with Crippen molar-refractivity contribution >= 4 is 23.2 Å². The molecule has 0 saturated carbocycles. The number of piperazine rings is 1. The number of hydrogen-bond donors (Lipinski definition) is 0. The molecule has 1 aromatic carbocycles. The van der Waals surface area contributed by atoms with Crippen LogP contribution in [0.5, 0.6) is 5.75 Å². The minimum Gasteiger partial charge on any atom is -0.492 e. The number of carbonyl (C=O) groups is 2. The molecular weight excluding hydrogens is 417 g/mol. The maximum Gasteiger partial charge on any atom is 0.246 e. The van der Waals surface area contributed by atoms with Crippen molar-refractivity contribution in [1.29, 1.82) is 0 Å². The van der Waals surface area contributed by atoms with Gasteiger partial charge in [0, 0.05) is 44.1 Å². The van der Waals surface area contributed by atoms with Gasteiger partial charge in [0.1, 0.15) is 24.2 Å². The van der Waals surface area contributed by atoms with Crippen molar-refractivity contribution in [3.63, 3.8) is 0 Å². The fourth-order valence-electron chi connectivity index (χ4n) is 3.79. The van der Waals surface area contributed by atoms with Crippen LogP contribution < -0.4 is 4.74 Å². The van der Waals surface area contributed by atoms with Crippen molar-refractivity contribution in [2.45, 2.75) is 26.3 Å². The summed E-state index contributed by atoms with van der Waals surface area (Å²) in [5, 5.41) is 1.96. The van der Waals surface area contributed by atoms with Crippen LogP contribution in [0.2, 0.25) is 0 Å². The molecule has 0 spiro atoms. The zero-order valence-corrected chi connectivity index (χ0v) is 18.9. The number of hydrogen-bond acceptors (Lipinski definition) is 5. The minimum atomic E-state index is -0.494. The zero-order valence-electron chi connectivity index (χ0n) is 18.1. The van der Waals surface area contributed by atoms with Crippen molar-refractivity contribution in [2.75, 3.05) is 45.9 Å². The highest BCUT2D eigenvalue weighted by molar-refractivity contribution is 7.10. The number of thiophene rings is 1. The van der Waals surface area contributed by atoms with Crippen LogP contribution in [0.3, 0.4) is 0 Å². The molecule has 0 N–H and O–H groups in total. The summed E-state index contributed by atoms with van der Waals surface area (Å²) < 4.78 is 18.7. The molecule has 168 valence electrons. The predicted molar refractivity (Wildman–Crippen MR) is 120 cm³/mol. The summed E-state index contributed by atoms with van der Waals surface area (Å²) >= 11 is 1.56. The molecule has 31 heavy (non-hydrogen) atoms. The molecule has 0 aliphatic carbocycles. The van der Waals surface area contributed by atoms with Crippen molar-refractivity contribution in [3.8, 4) is 5.75 Å². The summed E-state index contributed by atoms with van der Waals surface area (Å²) in [5.74, 6) is 0.305. The van der Waals surface area contributed by atoms with Crippen molar-refractivity contribution < 1.29 is 18.7 Å². The van der Waals surface area contributed by atoms with Crippen LogP contribution in [0.15, 0.2) is 41.8 Å². The lowest BCUT2D eigenvalue weighted by atomic mass is 10.1. The van der Waals surface area contributed by atoms with Gasteiger partial charge < -0.3 is 14.5 Å². The highest BCUT2D eigenvalue weighted by Gasteiger charge is 2.36. The van der Waals surface area contributed by atoms with E-state index in [1.807, 2.05) is 31.4 Å². The molecule has 0 bridgehead atoms. The Morgan fingerprint density at radius 1 is 1.16 bits per heavy atom. The van der Waals surface area contributed by atoms with Crippen LogP contribution in [0.4, 0.5) is 4.39 Å². The summed E-state index contributed by atoms with van der Waals surface area (Å²) in [6, 6.07) is 9.33. The lowest BCUT2D eigenvalue weighted by Crippen LogP contribution is -2.61. The van der Waals surface area contributed by atoms with Gasteiger partial charge in [0.2, 0.25) is 11.8 Å². The second-order valence-electron chi connectivity index (χ2n) is 7.47. The van der Waals surface area contributed by atoms with Crippen LogP contribution in [0.25, 0.3) is 0 Å². The van der Waals surface area contributed by atoms with Crippen molar-refractivity contribution in [3.05, 3.63) is 52.5 Å². The third-order valence-electron chi connectivity index (χ3n) is 5.54. The van der Waals surface area contributed by atoms with E-state index in [0.29, 0.717) is 58.0 Å². The first-order valence-electron chi connectivity index (χ1n) is 10.7. The average molecular weight is 448 g/mol. The molecule has 2 amide bonds. The second-order valence-corrected chi connectivity index (χ2v) is 8.50. The molecule has 1 unspecified atom stereocenters. The third kappa shape index (κ3) is 6.27. The largest absolute Gasteiger partial charge is 0.492 e. The van der Waals surface area contributed by atoms with Gasteiger partial charge in [-0.15, -0.1) is 11.3 Å². The van der Waals surface area contributed by atoms with E-state index in [1.165, 1.54) is 12.1 Å². The van der Waals surface area contributed by atoms with Gasteiger partial charge in [0.25, 0.3) is 0 Å². The van der Waals surface area contributed by atoms with E-state index < -0.39 is 6.04 Å². The summed E-state index contributed by atoms with van der Waals surface area (Å²) in [6.45, 7) is 7.89. The molecule has 8 heteroatoms. The van der Waals surface area contributed by atoms with E-state index in [-0.39, 0.29) is 17.6 Å². The zero-order chi connectivity index (χ0) is 22.2. The van der Waals surface area contributed by atoms with Gasteiger partial charge >= 0.3 is 0 Å². The first-order valence-corrected chi connectivity index (χ1v) is 11.6. The molecule has 1 aliphatic heterocycles. The molecule has 6 nitrogen and oxygen atoms in total. The smallest absolute Gasteiger partial charge is 0.246 e. The monoisotopic (exact) mass is 447 g/mol. The van der Waals surface area contributed by atoms with E-state index >= 15 is 0 Å². The standard InChI is InChI=1S/C23H30FN3O3S/c1-3-26(4-2)23(29)21-17-25(13-14-30-19-9-7-18(24)8-10-19)11-12-27(21)22(28)16-20-6-5-15-31-20/h5-10,15,21H,3-4,11-14,16-17H2,1-2H3. The fraction of sp³-hybridized carbons (Fsp3) is 0.478. The molecular formula is C23H30FN3O3S. The Bertz CT molecular complexity index is 840. The Balaban J connectivity index is 1.62. The molecule has 1 aliphatic rings. The number of ether oxygens (including phenoxy) is 1. The number of halogens is 1. The van der Waals surface area contributed by atoms with E-state index in [1.54, 1.807) is 33.3 Å². The molecule has 1 saturated heterocycles. The molecule has 2 aromatic rings. The van der Waals surface area contributed by atoms with Gasteiger partial charge in [-0.2, -0.15) is 0 Å². The first kappa shape index (κ1) is 23.2. The molecule has 2 heterocycles. The Morgan fingerprint density at radius 3 is 2.55 bits per heavy atom. The Labute approximate surface area is 187 Å².